The van der Waals surface area contributed by atoms with Gasteiger partial charge in [-0.1, -0.05) is 13.8 Å². The lowest BCUT2D eigenvalue weighted by molar-refractivity contribution is -0.142. The van der Waals surface area contributed by atoms with Gasteiger partial charge in [-0.25, -0.2) is 24.4 Å². The van der Waals surface area contributed by atoms with Gasteiger partial charge in [0.25, 0.3) is 0 Å². The largest absolute Gasteiger partial charge is 0.508 e. The normalized spacial score (nSPS) is 16.1. The Kier molecular flexibility index (Phi) is 7.80. The van der Waals surface area contributed by atoms with Crippen LogP contribution in [0.25, 0.3) is 17.1 Å². The smallest absolute Gasteiger partial charge is 0.348 e. The molecule has 4 heterocycles. The van der Waals surface area contributed by atoms with Gasteiger partial charge in [0.05, 0.1) is 17.2 Å². The molecule has 4 N–H and O–H groups in total. The van der Waals surface area contributed by atoms with E-state index in [4.69, 9.17) is 0 Å². The minimum atomic E-state index is -0.747. The number of aromatic nitrogens is 6. The fourth-order valence-electron chi connectivity index (χ4n) is 5.84. The molecule has 2 fully saturated rings. The number of carbonyl (C=O) groups is 1. The van der Waals surface area contributed by atoms with Crippen molar-refractivity contribution in [3.63, 3.8) is 0 Å². The number of nitrogens with one attached hydrogen (secondary N) is 1. The van der Waals surface area contributed by atoms with Crippen LogP contribution in [0.5, 0.6) is 11.5 Å². The van der Waals surface area contributed by atoms with Gasteiger partial charge < -0.3 is 30.0 Å². The molecule has 44 heavy (non-hydrogen) atoms. The number of aliphatic carboxylic acids is 1. The predicted molar refractivity (Wildman–Crippen MR) is 164 cm³/mol. The Balaban J connectivity index is 1.14. The van der Waals surface area contributed by atoms with E-state index >= 15 is 0 Å². The van der Waals surface area contributed by atoms with Crippen LogP contribution in [-0.2, 0) is 4.79 Å². The molecule has 0 unspecified atom stereocenters. The minimum Gasteiger partial charge on any atom is -0.508 e. The molecule has 0 spiro atoms. The first kappa shape index (κ1) is 29.0. The quantitative estimate of drug-likeness (QED) is 0.244. The number of hydrogen-bond acceptors (Lipinski definition) is 11. The number of anilines is 3. The second-order valence-corrected chi connectivity index (χ2v) is 11.4. The molecule has 2 aromatic heterocycles. The van der Waals surface area contributed by atoms with E-state index in [1.54, 1.807) is 6.07 Å². The van der Waals surface area contributed by atoms with Crippen molar-refractivity contribution in [1.82, 2.24) is 29.7 Å². The number of rotatable bonds is 7. The van der Waals surface area contributed by atoms with Crippen LogP contribution in [0, 0.1) is 5.92 Å². The van der Waals surface area contributed by atoms with Crippen molar-refractivity contribution in [1.29, 1.82) is 0 Å². The summed E-state index contributed by atoms with van der Waals surface area (Å²) in [5.41, 5.74) is 2.13. The highest BCUT2D eigenvalue weighted by Crippen LogP contribution is 2.37. The first-order valence-electron chi connectivity index (χ1n) is 14.7. The molecule has 0 aliphatic carbocycles. The Morgan fingerprint density at radius 3 is 2.07 bits per heavy atom. The molecule has 6 rings (SSSR count). The number of phenolic OH excluding ortho intramolecular Hbond substituents is 2. The van der Waals surface area contributed by atoms with Gasteiger partial charge in [0.2, 0.25) is 11.9 Å². The fourth-order valence-corrected chi connectivity index (χ4v) is 5.84. The number of aromatic amines is 1. The summed E-state index contributed by atoms with van der Waals surface area (Å²) in [5, 5.41) is 36.8. The summed E-state index contributed by atoms with van der Waals surface area (Å²) in [5.74, 6) is 0.189. The number of phenols is 2. The van der Waals surface area contributed by atoms with Gasteiger partial charge in [-0.2, -0.15) is 10.1 Å². The fraction of sp³-hybridized carbons (Fsp3) is 0.400. The zero-order valence-electron chi connectivity index (χ0n) is 24.6. The highest BCUT2D eigenvalue weighted by atomic mass is 16.4. The molecule has 14 heteroatoms. The Labute approximate surface area is 253 Å². The highest BCUT2D eigenvalue weighted by molar-refractivity contribution is 5.70. The number of piperazine rings is 1. The maximum Gasteiger partial charge on any atom is 0.348 e. The maximum atomic E-state index is 12.8. The average Bonchev–Trinajstić information content (AvgIpc) is 3.42. The third kappa shape index (κ3) is 5.62. The van der Waals surface area contributed by atoms with Crippen molar-refractivity contribution in [3.8, 4) is 28.6 Å². The van der Waals surface area contributed by atoms with Gasteiger partial charge in [-0.05, 0) is 54.7 Å². The predicted octanol–water partition coefficient (Wildman–Crippen LogP) is 2.57. The molecule has 14 nitrogen and oxygen atoms in total. The topological polar surface area (TPSA) is 177 Å². The maximum absolute atomic E-state index is 12.8. The first-order valence-corrected chi connectivity index (χ1v) is 14.7. The minimum absolute atomic E-state index is 0.00335. The van der Waals surface area contributed by atoms with E-state index in [-0.39, 0.29) is 29.2 Å². The monoisotopic (exact) mass is 601 g/mol. The molecule has 0 amide bonds. The molecule has 2 aliphatic rings. The summed E-state index contributed by atoms with van der Waals surface area (Å²) in [6.07, 6.45) is 2.66. The van der Waals surface area contributed by atoms with E-state index in [0.29, 0.717) is 67.7 Å². The zero-order chi connectivity index (χ0) is 31.0. The van der Waals surface area contributed by atoms with E-state index in [2.05, 4.69) is 34.9 Å². The number of carboxylic acid groups (broad SMARTS) is 1. The van der Waals surface area contributed by atoms with Gasteiger partial charge in [0.1, 0.15) is 17.8 Å². The summed E-state index contributed by atoms with van der Waals surface area (Å²) in [4.78, 5) is 43.9. The van der Waals surface area contributed by atoms with Crippen LogP contribution in [0.2, 0.25) is 0 Å². The van der Waals surface area contributed by atoms with Crippen molar-refractivity contribution < 1.29 is 20.1 Å². The van der Waals surface area contributed by atoms with Crippen LogP contribution in [0.4, 0.5) is 17.6 Å². The number of carboxylic acids is 1. The van der Waals surface area contributed by atoms with Gasteiger partial charge >= 0.3 is 11.7 Å². The Morgan fingerprint density at radius 2 is 1.45 bits per heavy atom. The van der Waals surface area contributed by atoms with Crippen molar-refractivity contribution in [2.75, 3.05) is 54.0 Å². The summed E-state index contributed by atoms with van der Waals surface area (Å²) in [7, 11) is 0. The average molecular weight is 602 g/mol. The molecule has 2 aliphatic heterocycles. The molecule has 0 atom stereocenters. The van der Waals surface area contributed by atoms with E-state index in [9.17, 15) is 24.9 Å². The molecule has 0 saturated carbocycles. The van der Waals surface area contributed by atoms with Crippen LogP contribution in [-0.4, -0.2) is 90.3 Å². The third-order valence-electron chi connectivity index (χ3n) is 8.39. The zero-order valence-corrected chi connectivity index (χ0v) is 24.6. The number of benzene rings is 2. The van der Waals surface area contributed by atoms with E-state index in [1.165, 1.54) is 17.0 Å². The van der Waals surface area contributed by atoms with Crippen molar-refractivity contribution >= 4 is 23.6 Å². The molecule has 0 radical (unpaired) electrons. The number of piperidine rings is 1. The van der Waals surface area contributed by atoms with Crippen molar-refractivity contribution in [2.24, 2.45) is 5.92 Å². The lowest BCUT2D eigenvalue weighted by Gasteiger charge is -2.36. The SMILES string of the molecule is CC(C)c1cc(-c2n[nH]c(=O)n2-c2ccc(N3CCN(c4ncnc(N5CCC(C(=O)O)CC5)n4)CC3)cc2)c(O)cc1O. The molecule has 230 valence electrons. The lowest BCUT2D eigenvalue weighted by atomic mass is 9.97. The van der Waals surface area contributed by atoms with Gasteiger partial charge in [0, 0.05) is 51.0 Å². The Bertz CT molecular complexity index is 1700. The van der Waals surface area contributed by atoms with Crippen LogP contribution in [0.15, 0.2) is 47.5 Å². The molecule has 4 aromatic rings. The highest BCUT2D eigenvalue weighted by Gasteiger charge is 2.27. The van der Waals surface area contributed by atoms with Crippen molar-refractivity contribution in [2.45, 2.75) is 32.6 Å². The number of hydrogen-bond donors (Lipinski definition) is 4. The molecular weight excluding hydrogens is 566 g/mol. The van der Waals surface area contributed by atoms with Crippen LogP contribution < -0.4 is 20.4 Å². The second-order valence-electron chi connectivity index (χ2n) is 11.4. The Morgan fingerprint density at radius 1 is 0.864 bits per heavy atom. The molecule has 2 saturated heterocycles. The standard InChI is InChI=1S/C30H35N9O5/c1-18(2)22-15-23(25(41)16-24(22)40)26-34-35-30(44)39(26)21-5-3-20(4-6-21)36-11-13-38(14-12-36)29-32-17-31-28(33-29)37-9-7-19(8-10-37)27(42)43/h3-6,15-19,40-41H,7-14H2,1-2H3,(H,35,44)(H,42,43). The number of nitrogens with zero attached hydrogens (tertiary/aromatic N) is 8. The summed E-state index contributed by atoms with van der Waals surface area (Å²) < 4.78 is 1.40. The third-order valence-corrected chi connectivity index (χ3v) is 8.39. The van der Waals surface area contributed by atoms with Gasteiger partial charge in [-0.3, -0.25) is 4.79 Å². The molecular formula is C30H35N9O5. The van der Waals surface area contributed by atoms with E-state index < -0.39 is 11.7 Å². The van der Waals surface area contributed by atoms with Crippen LogP contribution in [0.3, 0.4) is 0 Å². The first-order chi connectivity index (χ1) is 21.2. The number of H-pyrrole nitrogens is 1. The van der Waals surface area contributed by atoms with Crippen LogP contribution in [0.1, 0.15) is 38.2 Å². The summed E-state index contributed by atoms with van der Waals surface area (Å²) in [6, 6.07) is 10.5. The van der Waals surface area contributed by atoms with E-state index in [1.807, 2.05) is 43.0 Å². The molecule has 2 aromatic carbocycles. The summed E-state index contributed by atoms with van der Waals surface area (Å²) in [6.45, 7) is 7.95. The van der Waals surface area contributed by atoms with E-state index in [0.717, 1.165) is 18.8 Å². The summed E-state index contributed by atoms with van der Waals surface area (Å²) >= 11 is 0. The number of aromatic hydroxyl groups is 2. The molecule has 0 bridgehead atoms. The Hall–Kier alpha value is -5.14. The van der Waals surface area contributed by atoms with Gasteiger partial charge in [-0.15, -0.1) is 0 Å². The van der Waals surface area contributed by atoms with Crippen LogP contribution >= 0.6 is 0 Å². The van der Waals surface area contributed by atoms with Crippen molar-refractivity contribution in [3.05, 3.63) is 58.8 Å². The van der Waals surface area contributed by atoms with Gasteiger partial charge in [0.15, 0.2) is 5.82 Å². The lowest BCUT2D eigenvalue weighted by Crippen LogP contribution is -2.47. The second kappa shape index (κ2) is 11.9.